The quantitative estimate of drug-likeness (QED) is 0.631. The van der Waals surface area contributed by atoms with Crippen molar-refractivity contribution in [1.82, 2.24) is 4.98 Å². The van der Waals surface area contributed by atoms with Crippen LogP contribution in [0, 0.1) is 5.82 Å². The fraction of sp³-hybridized carbons (Fsp3) is 0. The second-order valence-electron chi connectivity index (χ2n) is 4.59. The minimum atomic E-state index is -0.414. The number of halogens is 3. The zero-order chi connectivity index (χ0) is 16.4. The van der Waals surface area contributed by atoms with Gasteiger partial charge < -0.3 is 0 Å². The second-order valence-corrected chi connectivity index (χ2v) is 6.47. The first-order chi connectivity index (χ1) is 11.0. The minimum absolute atomic E-state index is 0.248. The van der Waals surface area contributed by atoms with Gasteiger partial charge in [-0.15, -0.1) is 0 Å². The molecule has 0 aliphatic heterocycles. The summed E-state index contributed by atoms with van der Waals surface area (Å²) in [5, 5.41) is 3.91. The maximum absolute atomic E-state index is 13.6. The molecule has 0 aliphatic carbocycles. The number of amides is 1. The molecule has 0 spiro atoms. The van der Waals surface area contributed by atoms with Crippen LogP contribution in [0.2, 0.25) is 10.0 Å². The first-order valence-electron chi connectivity index (χ1n) is 6.52. The molecule has 23 heavy (non-hydrogen) atoms. The van der Waals surface area contributed by atoms with E-state index in [2.05, 4.69) is 10.3 Å². The SMILES string of the molecule is O=C(/C=C/c1ccc(Cl)cc1Cl)Nc1nc2c(F)cccc2s1. The van der Waals surface area contributed by atoms with E-state index >= 15 is 0 Å². The van der Waals surface area contributed by atoms with Crippen molar-refractivity contribution >= 4 is 61.9 Å². The lowest BCUT2D eigenvalue weighted by atomic mass is 10.2. The Morgan fingerprint density at radius 3 is 2.83 bits per heavy atom. The monoisotopic (exact) mass is 366 g/mol. The molecule has 0 atom stereocenters. The Balaban J connectivity index is 1.75. The van der Waals surface area contributed by atoms with Crippen molar-refractivity contribution in [2.75, 3.05) is 5.32 Å². The summed E-state index contributed by atoms with van der Waals surface area (Å²) < 4.78 is 14.2. The van der Waals surface area contributed by atoms with Crippen molar-refractivity contribution in [2.24, 2.45) is 0 Å². The Hall–Kier alpha value is -1.95. The topological polar surface area (TPSA) is 42.0 Å². The highest BCUT2D eigenvalue weighted by molar-refractivity contribution is 7.22. The van der Waals surface area contributed by atoms with E-state index < -0.39 is 5.82 Å². The van der Waals surface area contributed by atoms with E-state index in [1.165, 1.54) is 23.5 Å². The van der Waals surface area contributed by atoms with Crippen LogP contribution in [-0.4, -0.2) is 10.9 Å². The fourth-order valence-electron chi connectivity index (χ4n) is 1.92. The van der Waals surface area contributed by atoms with Gasteiger partial charge >= 0.3 is 0 Å². The van der Waals surface area contributed by atoms with Gasteiger partial charge in [-0.3, -0.25) is 10.1 Å². The smallest absolute Gasteiger partial charge is 0.250 e. The van der Waals surface area contributed by atoms with Gasteiger partial charge in [-0.05, 0) is 35.9 Å². The Labute approximate surface area is 145 Å². The molecule has 0 saturated carbocycles. The number of hydrogen-bond donors (Lipinski definition) is 1. The van der Waals surface area contributed by atoms with E-state index in [9.17, 15) is 9.18 Å². The summed E-state index contributed by atoms with van der Waals surface area (Å²) in [5.74, 6) is -0.793. The number of para-hydroxylation sites is 1. The molecular formula is C16H9Cl2FN2OS. The molecule has 0 bridgehead atoms. The standard InChI is InChI=1S/C16H9Cl2FN2OS/c17-10-6-4-9(11(18)8-10)5-7-14(22)20-16-21-15-12(19)2-1-3-13(15)23-16/h1-8H,(H,20,21,22)/b7-5+. The minimum Gasteiger partial charge on any atom is -0.298 e. The van der Waals surface area contributed by atoms with Gasteiger partial charge in [-0.1, -0.05) is 46.7 Å². The summed E-state index contributed by atoms with van der Waals surface area (Å²) in [5.41, 5.74) is 0.916. The van der Waals surface area contributed by atoms with Crippen molar-refractivity contribution in [3.05, 3.63) is 63.9 Å². The predicted octanol–water partition coefficient (Wildman–Crippen LogP) is 5.39. The lowest BCUT2D eigenvalue weighted by Gasteiger charge is -1.99. The van der Waals surface area contributed by atoms with Crippen LogP contribution in [0.4, 0.5) is 9.52 Å². The van der Waals surface area contributed by atoms with E-state index in [4.69, 9.17) is 23.2 Å². The number of rotatable bonds is 3. The fourth-order valence-corrected chi connectivity index (χ4v) is 3.27. The Morgan fingerprint density at radius 1 is 1.26 bits per heavy atom. The average molecular weight is 367 g/mol. The highest BCUT2D eigenvalue weighted by Crippen LogP contribution is 2.27. The molecule has 3 nitrogen and oxygen atoms in total. The van der Waals surface area contributed by atoms with E-state index in [0.29, 0.717) is 25.4 Å². The number of carbonyl (C=O) groups excluding carboxylic acids is 1. The normalized spacial score (nSPS) is 11.3. The molecule has 2 aromatic carbocycles. The van der Waals surface area contributed by atoms with Gasteiger partial charge in [0.25, 0.3) is 0 Å². The van der Waals surface area contributed by atoms with Gasteiger partial charge in [-0.25, -0.2) is 9.37 Å². The molecule has 0 saturated heterocycles. The van der Waals surface area contributed by atoms with Crippen LogP contribution in [0.25, 0.3) is 16.3 Å². The van der Waals surface area contributed by atoms with Crippen molar-refractivity contribution in [1.29, 1.82) is 0 Å². The zero-order valence-corrected chi connectivity index (χ0v) is 13.8. The Morgan fingerprint density at radius 2 is 2.09 bits per heavy atom. The van der Waals surface area contributed by atoms with Crippen LogP contribution in [0.3, 0.4) is 0 Å². The predicted molar refractivity (Wildman–Crippen MR) is 93.7 cm³/mol. The summed E-state index contributed by atoms with van der Waals surface area (Å²) >= 11 is 13.0. The molecule has 0 radical (unpaired) electrons. The Kier molecular flexibility index (Phi) is 4.61. The highest BCUT2D eigenvalue weighted by atomic mass is 35.5. The molecule has 116 valence electrons. The van der Waals surface area contributed by atoms with Crippen molar-refractivity contribution in [2.45, 2.75) is 0 Å². The lowest BCUT2D eigenvalue weighted by molar-refractivity contribution is -0.111. The highest BCUT2D eigenvalue weighted by Gasteiger charge is 2.09. The number of carbonyl (C=O) groups is 1. The van der Waals surface area contributed by atoms with Gasteiger partial charge in [-0.2, -0.15) is 0 Å². The van der Waals surface area contributed by atoms with Gasteiger partial charge in [0.2, 0.25) is 5.91 Å². The largest absolute Gasteiger partial charge is 0.298 e. The van der Waals surface area contributed by atoms with Crippen LogP contribution < -0.4 is 5.32 Å². The van der Waals surface area contributed by atoms with Crippen molar-refractivity contribution in [3.63, 3.8) is 0 Å². The molecule has 1 aromatic heterocycles. The van der Waals surface area contributed by atoms with Crippen molar-refractivity contribution in [3.8, 4) is 0 Å². The van der Waals surface area contributed by atoms with Crippen LogP contribution in [0.15, 0.2) is 42.5 Å². The maximum Gasteiger partial charge on any atom is 0.250 e. The number of fused-ring (bicyclic) bond motifs is 1. The summed E-state index contributed by atoms with van der Waals surface area (Å²) in [4.78, 5) is 16.0. The van der Waals surface area contributed by atoms with E-state index in [0.717, 1.165) is 0 Å². The van der Waals surface area contributed by atoms with Gasteiger partial charge in [0, 0.05) is 16.1 Å². The molecule has 3 rings (SSSR count). The Bertz CT molecular complexity index is 924. The molecule has 7 heteroatoms. The third kappa shape index (κ3) is 3.69. The van der Waals surface area contributed by atoms with Crippen LogP contribution >= 0.6 is 34.5 Å². The van der Waals surface area contributed by atoms with E-state index in [-0.39, 0.29) is 11.4 Å². The number of anilines is 1. The van der Waals surface area contributed by atoms with Gasteiger partial charge in [0.1, 0.15) is 11.3 Å². The van der Waals surface area contributed by atoms with Crippen LogP contribution in [0.1, 0.15) is 5.56 Å². The maximum atomic E-state index is 13.6. The number of benzene rings is 2. The molecule has 1 N–H and O–H groups in total. The van der Waals surface area contributed by atoms with Gasteiger partial charge in [0.15, 0.2) is 5.13 Å². The zero-order valence-electron chi connectivity index (χ0n) is 11.5. The first kappa shape index (κ1) is 15.9. The molecule has 0 fully saturated rings. The van der Waals surface area contributed by atoms with Gasteiger partial charge in [0.05, 0.1) is 4.70 Å². The van der Waals surface area contributed by atoms with E-state index in [1.807, 2.05) is 0 Å². The number of thiazole rings is 1. The number of nitrogens with zero attached hydrogens (tertiary/aromatic N) is 1. The number of nitrogens with one attached hydrogen (secondary N) is 1. The third-order valence-corrected chi connectivity index (χ3v) is 4.48. The van der Waals surface area contributed by atoms with E-state index in [1.54, 1.807) is 36.4 Å². The van der Waals surface area contributed by atoms with Crippen LogP contribution in [-0.2, 0) is 4.79 Å². The lowest BCUT2D eigenvalue weighted by Crippen LogP contribution is -2.07. The summed E-state index contributed by atoms with van der Waals surface area (Å²) in [6.45, 7) is 0. The molecular weight excluding hydrogens is 358 g/mol. The molecule has 1 heterocycles. The molecule has 1 amide bonds. The third-order valence-electron chi connectivity index (χ3n) is 2.98. The van der Waals surface area contributed by atoms with Crippen molar-refractivity contribution < 1.29 is 9.18 Å². The summed E-state index contributed by atoms with van der Waals surface area (Å²) in [6, 6.07) is 9.66. The average Bonchev–Trinajstić information content (AvgIpc) is 2.90. The second kappa shape index (κ2) is 6.66. The number of hydrogen-bond acceptors (Lipinski definition) is 3. The molecule has 3 aromatic rings. The molecule has 0 aliphatic rings. The van der Waals surface area contributed by atoms with Crippen LogP contribution in [0.5, 0.6) is 0 Å². The number of aromatic nitrogens is 1. The summed E-state index contributed by atoms with van der Waals surface area (Å²) in [7, 11) is 0. The molecule has 0 unspecified atom stereocenters. The first-order valence-corrected chi connectivity index (χ1v) is 8.09. The summed E-state index contributed by atoms with van der Waals surface area (Å²) in [6.07, 6.45) is 2.90.